The van der Waals surface area contributed by atoms with Crippen LogP contribution in [-0.4, -0.2) is 30.1 Å². The van der Waals surface area contributed by atoms with E-state index in [1.807, 2.05) is 7.05 Å². The summed E-state index contributed by atoms with van der Waals surface area (Å²) in [6, 6.07) is 0. The Bertz CT molecular complexity index is 430. The third kappa shape index (κ3) is 3.22. The van der Waals surface area contributed by atoms with Crippen LogP contribution in [0.25, 0.3) is 0 Å². The van der Waals surface area contributed by atoms with Crippen molar-refractivity contribution in [3.05, 3.63) is 11.9 Å². The van der Waals surface area contributed by atoms with E-state index < -0.39 is 0 Å². The van der Waals surface area contributed by atoms with Gasteiger partial charge in [-0.25, -0.2) is 9.97 Å². The number of hydrogen-bond acceptors (Lipinski definition) is 4. The number of anilines is 2. The molecule has 1 unspecified atom stereocenters. The molecule has 1 saturated heterocycles. The van der Waals surface area contributed by atoms with Gasteiger partial charge in [0.15, 0.2) is 0 Å². The van der Waals surface area contributed by atoms with Crippen molar-refractivity contribution in [3.8, 4) is 0 Å². The van der Waals surface area contributed by atoms with E-state index in [9.17, 15) is 0 Å². The molecule has 1 aromatic rings. The van der Waals surface area contributed by atoms with Crippen molar-refractivity contribution in [3.63, 3.8) is 0 Å². The molecule has 0 amide bonds. The van der Waals surface area contributed by atoms with Crippen LogP contribution < -0.4 is 10.2 Å². The zero-order chi connectivity index (χ0) is 14.5. The molecule has 2 rings (SSSR count). The smallest absolute Gasteiger partial charge is 0.137 e. The van der Waals surface area contributed by atoms with E-state index in [4.69, 9.17) is 0 Å². The number of nitrogens with zero attached hydrogens (tertiary/aromatic N) is 3. The summed E-state index contributed by atoms with van der Waals surface area (Å²) in [5.41, 5.74) is 1.25. The lowest BCUT2D eigenvalue weighted by molar-refractivity contribution is 0.351. The third-order valence-corrected chi connectivity index (χ3v) is 4.53. The molecular formula is C16H28N4. The molecule has 4 heteroatoms. The lowest BCUT2D eigenvalue weighted by atomic mass is 9.89. The molecule has 1 aliphatic rings. The highest BCUT2D eigenvalue weighted by molar-refractivity contribution is 5.58. The van der Waals surface area contributed by atoms with E-state index in [1.54, 1.807) is 6.33 Å². The minimum Gasteiger partial charge on any atom is -0.373 e. The minimum atomic E-state index is 0.791. The van der Waals surface area contributed by atoms with Crippen LogP contribution >= 0.6 is 0 Å². The molecule has 1 aliphatic heterocycles. The van der Waals surface area contributed by atoms with Crippen molar-refractivity contribution < 1.29 is 0 Å². The highest BCUT2D eigenvalue weighted by Gasteiger charge is 2.22. The van der Waals surface area contributed by atoms with Crippen LogP contribution in [-0.2, 0) is 6.42 Å². The van der Waals surface area contributed by atoms with E-state index in [1.165, 1.54) is 24.8 Å². The molecule has 1 aromatic heterocycles. The first kappa shape index (κ1) is 15.1. The fourth-order valence-electron chi connectivity index (χ4n) is 3.22. The van der Waals surface area contributed by atoms with Crippen LogP contribution in [0, 0.1) is 11.8 Å². The van der Waals surface area contributed by atoms with Gasteiger partial charge in [0.05, 0.1) is 0 Å². The van der Waals surface area contributed by atoms with Gasteiger partial charge in [0.2, 0.25) is 0 Å². The second-order valence-electron chi connectivity index (χ2n) is 6.05. The average molecular weight is 276 g/mol. The molecule has 20 heavy (non-hydrogen) atoms. The Morgan fingerprint density at radius 3 is 2.75 bits per heavy atom. The molecule has 2 heterocycles. The highest BCUT2D eigenvalue weighted by Crippen LogP contribution is 2.29. The predicted molar refractivity (Wildman–Crippen MR) is 85.3 cm³/mol. The molecule has 0 bridgehead atoms. The van der Waals surface area contributed by atoms with Crippen LogP contribution in [0.4, 0.5) is 11.6 Å². The van der Waals surface area contributed by atoms with E-state index in [2.05, 4.69) is 41.0 Å². The maximum atomic E-state index is 4.57. The van der Waals surface area contributed by atoms with E-state index in [-0.39, 0.29) is 0 Å². The van der Waals surface area contributed by atoms with Crippen LogP contribution in [0.2, 0.25) is 0 Å². The zero-order valence-corrected chi connectivity index (χ0v) is 13.3. The highest BCUT2D eigenvalue weighted by atomic mass is 15.2. The van der Waals surface area contributed by atoms with Crippen LogP contribution in [0.3, 0.4) is 0 Å². The molecular weight excluding hydrogens is 248 g/mol. The van der Waals surface area contributed by atoms with Gasteiger partial charge in [0, 0.05) is 25.7 Å². The van der Waals surface area contributed by atoms with Crippen molar-refractivity contribution >= 4 is 11.6 Å². The van der Waals surface area contributed by atoms with Gasteiger partial charge < -0.3 is 10.2 Å². The Hall–Kier alpha value is -1.32. The average Bonchev–Trinajstić information content (AvgIpc) is 2.72. The monoisotopic (exact) mass is 276 g/mol. The topological polar surface area (TPSA) is 41.1 Å². The summed E-state index contributed by atoms with van der Waals surface area (Å²) in [5.74, 6) is 3.76. The first-order valence-electron chi connectivity index (χ1n) is 7.93. The molecule has 1 fully saturated rings. The van der Waals surface area contributed by atoms with Gasteiger partial charge in [-0.15, -0.1) is 0 Å². The summed E-state index contributed by atoms with van der Waals surface area (Å²) < 4.78 is 0. The van der Waals surface area contributed by atoms with E-state index in [0.29, 0.717) is 0 Å². The summed E-state index contributed by atoms with van der Waals surface area (Å²) in [6.45, 7) is 9.12. The Morgan fingerprint density at radius 2 is 2.10 bits per heavy atom. The molecule has 0 radical (unpaired) electrons. The standard InChI is InChI=1S/C16H28N4/c1-5-14-15(17-4)18-11-19-16(14)20-9-6-7-13(8-10-20)12(2)3/h11-13H,5-10H2,1-4H3,(H,17,18,19). The van der Waals surface area contributed by atoms with Crippen molar-refractivity contribution in [1.82, 2.24) is 9.97 Å². The number of aromatic nitrogens is 2. The van der Waals surface area contributed by atoms with Gasteiger partial charge in [0.1, 0.15) is 18.0 Å². The van der Waals surface area contributed by atoms with Gasteiger partial charge >= 0.3 is 0 Å². The molecule has 112 valence electrons. The zero-order valence-electron chi connectivity index (χ0n) is 13.3. The van der Waals surface area contributed by atoms with Crippen LogP contribution in [0.15, 0.2) is 6.33 Å². The maximum Gasteiger partial charge on any atom is 0.137 e. The number of nitrogens with one attached hydrogen (secondary N) is 1. The first-order chi connectivity index (χ1) is 9.67. The lowest BCUT2D eigenvalue weighted by Gasteiger charge is -2.25. The maximum absolute atomic E-state index is 4.57. The van der Waals surface area contributed by atoms with Gasteiger partial charge in [-0.3, -0.25) is 0 Å². The second-order valence-corrected chi connectivity index (χ2v) is 6.05. The summed E-state index contributed by atoms with van der Waals surface area (Å²) >= 11 is 0. The Kier molecular flexibility index (Phi) is 5.21. The van der Waals surface area contributed by atoms with E-state index >= 15 is 0 Å². The lowest BCUT2D eigenvalue weighted by Crippen LogP contribution is -2.27. The molecule has 0 spiro atoms. The fourth-order valence-corrected chi connectivity index (χ4v) is 3.22. The quantitative estimate of drug-likeness (QED) is 0.915. The van der Waals surface area contributed by atoms with Crippen molar-refractivity contribution in [2.24, 2.45) is 11.8 Å². The SMILES string of the molecule is CCc1c(NC)ncnc1N1CCCC(C(C)C)CC1. The first-order valence-corrected chi connectivity index (χ1v) is 7.93. The van der Waals surface area contributed by atoms with Crippen LogP contribution in [0.5, 0.6) is 0 Å². The fraction of sp³-hybridized carbons (Fsp3) is 0.750. The second kappa shape index (κ2) is 6.91. The number of hydrogen-bond donors (Lipinski definition) is 1. The predicted octanol–water partition coefficient (Wildman–Crippen LogP) is 3.34. The van der Waals surface area contributed by atoms with E-state index in [0.717, 1.165) is 43.0 Å². The third-order valence-electron chi connectivity index (χ3n) is 4.53. The van der Waals surface area contributed by atoms with Crippen molar-refractivity contribution in [2.75, 3.05) is 30.4 Å². The molecule has 0 aromatic carbocycles. The number of rotatable bonds is 4. The van der Waals surface area contributed by atoms with Gasteiger partial charge in [-0.05, 0) is 37.5 Å². The summed E-state index contributed by atoms with van der Waals surface area (Å²) in [4.78, 5) is 11.4. The van der Waals surface area contributed by atoms with Gasteiger partial charge in [-0.1, -0.05) is 20.8 Å². The molecule has 1 N–H and O–H groups in total. The van der Waals surface area contributed by atoms with Crippen LogP contribution in [0.1, 0.15) is 45.6 Å². The molecule has 0 saturated carbocycles. The normalized spacial score (nSPS) is 20.1. The largest absolute Gasteiger partial charge is 0.373 e. The van der Waals surface area contributed by atoms with Gasteiger partial charge in [0.25, 0.3) is 0 Å². The minimum absolute atomic E-state index is 0.791. The van der Waals surface area contributed by atoms with Gasteiger partial charge in [-0.2, -0.15) is 0 Å². The van der Waals surface area contributed by atoms with Crippen molar-refractivity contribution in [2.45, 2.75) is 46.5 Å². The summed E-state index contributed by atoms with van der Waals surface area (Å²) in [6.07, 6.45) is 6.55. The Balaban J connectivity index is 2.19. The Labute approximate surface area is 123 Å². The Morgan fingerprint density at radius 1 is 1.30 bits per heavy atom. The summed E-state index contributed by atoms with van der Waals surface area (Å²) in [5, 5.41) is 3.19. The molecule has 1 atom stereocenters. The summed E-state index contributed by atoms with van der Waals surface area (Å²) in [7, 11) is 1.93. The molecule has 4 nitrogen and oxygen atoms in total. The molecule has 0 aliphatic carbocycles. The van der Waals surface area contributed by atoms with Crippen molar-refractivity contribution in [1.29, 1.82) is 0 Å².